The summed E-state index contributed by atoms with van der Waals surface area (Å²) in [5, 5.41) is 6.41. The molecule has 9 rings (SSSR count). The van der Waals surface area contributed by atoms with Crippen molar-refractivity contribution in [1.82, 2.24) is 4.48 Å². The zero-order valence-corrected chi connectivity index (χ0v) is 26.9. The molecule has 7 aromatic rings. The Kier molecular flexibility index (Phi) is 5.28. The van der Waals surface area contributed by atoms with E-state index in [1.54, 1.807) is 0 Å². The molecule has 0 saturated carbocycles. The summed E-state index contributed by atoms with van der Waals surface area (Å²) in [5.41, 5.74) is 13.3. The molecule has 6 aromatic carbocycles. The van der Waals surface area contributed by atoms with Crippen molar-refractivity contribution < 1.29 is 0 Å². The van der Waals surface area contributed by atoms with Crippen LogP contribution in [0.4, 0.5) is 17.1 Å². The van der Waals surface area contributed by atoms with Crippen LogP contribution in [0.15, 0.2) is 115 Å². The number of para-hydroxylation sites is 1. The Hall–Kier alpha value is -4.76. The molecule has 2 aliphatic heterocycles. The monoisotopic (exact) mass is 580 g/mol. The molecule has 3 heteroatoms. The second-order valence-corrected chi connectivity index (χ2v) is 15.2. The molecule has 0 atom stereocenters. The molecular formula is C42H37BN2. The fraction of sp³-hybridized carbons (Fsp3) is 0.190. The Morgan fingerprint density at radius 2 is 1.13 bits per heavy atom. The van der Waals surface area contributed by atoms with Gasteiger partial charge in [0, 0.05) is 28.1 Å². The molecule has 0 radical (unpaired) electrons. The molecule has 0 aliphatic carbocycles. The van der Waals surface area contributed by atoms with E-state index in [9.17, 15) is 0 Å². The fourth-order valence-electron chi connectivity index (χ4n) is 7.79. The van der Waals surface area contributed by atoms with Crippen LogP contribution >= 0.6 is 0 Å². The van der Waals surface area contributed by atoms with Crippen LogP contribution in [0.2, 0.25) is 0 Å². The van der Waals surface area contributed by atoms with E-state index in [1.165, 1.54) is 82.7 Å². The van der Waals surface area contributed by atoms with Gasteiger partial charge in [-0.1, -0.05) is 108 Å². The van der Waals surface area contributed by atoms with Crippen LogP contribution in [0.3, 0.4) is 0 Å². The second kappa shape index (κ2) is 8.91. The first-order valence-electron chi connectivity index (χ1n) is 16.2. The minimum absolute atomic E-state index is 0.0191. The van der Waals surface area contributed by atoms with E-state index in [2.05, 4.69) is 166 Å². The van der Waals surface area contributed by atoms with Gasteiger partial charge in [-0.05, 0) is 114 Å². The number of benzene rings is 6. The highest BCUT2D eigenvalue weighted by Crippen LogP contribution is 2.45. The molecule has 0 bridgehead atoms. The average molecular weight is 581 g/mol. The van der Waals surface area contributed by atoms with E-state index in [4.69, 9.17) is 0 Å². The number of hydrogen-bond donors (Lipinski definition) is 0. The van der Waals surface area contributed by atoms with E-state index in [1.807, 2.05) is 0 Å². The number of nitrogens with zero attached hydrogens (tertiary/aromatic N) is 2. The van der Waals surface area contributed by atoms with Crippen molar-refractivity contribution in [3.63, 3.8) is 0 Å². The Balaban J connectivity index is 1.42. The van der Waals surface area contributed by atoms with Gasteiger partial charge in [-0.3, -0.25) is 0 Å². The van der Waals surface area contributed by atoms with Gasteiger partial charge in [0.1, 0.15) is 0 Å². The normalized spacial score (nSPS) is 13.9. The molecule has 2 aliphatic rings. The standard InChI is InChI=1S/C42H37BN2/c1-41(2,3)31-23-32(42(4,5)6)25-33(24-31)45-37-16-10-14-34-35-15-9-13-26-17-18-44(40(26)35)43(39(34)37)36-21-29-19-27-11-7-8-12-28(27)20-30(29)22-38(36)45/h7-25H,1-6H3. The van der Waals surface area contributed by atoms with Crippen LogP contribution in [0.25, 0.3) is 43.6 Å². The number of aromatic nitrogens is 1. The summed E-state index contributed by atoms with van der Waals surface area (Å²) in [6.07, 6.45) is 2.31. The maximum atomic E-state index is 2.57. The SMILES string of the molecule is CC(C)(C)c1cc(N2c3cc4cc5ccccc5cc4cc3B3c4c(cccc42)-c2cccc4ccn3c24)cc(C(C)(C)C)c1. The van der Waals surface area contributed by atoms with Crippen molar-refractivity contribution in [2.75, 3.05) is 4.90 Å². The summed E-state index contributed by atoms with van der Waals surface area (Å²) in [6.45, 7) is 14.1. The molecule has 0 N–H and O–H groups in total. The van der Waals surface area contributed by atoms with Crippen molar-refractivity contribution in [3.8, 4) is 11.1 Å². The van der Waals surface area contributed by atoms with Gasteiger partial charge >= 0.3 is 6.85 Å². The molecule has 3 heterocycles. The van der Waals surface area contributed by atoms with Gasteiger partial charge in [-0.2, -0.15) is 0 Å². The van der Waals surface area contributed by atoms with Crippen molar-refractivity contribution in [2.24, 2.45) is 0 Å². The van der Waals surface area contributed by atoms with E-state index >= 15 is 0 Å². The van der Waals surface area contributed by atoms with Gasteiger partial charge in [-0.15, -0.1) is 0 Å². The summed E-state index contributed by atoms with van der Waals surface area (Å²) in [4.78, 5) is 2.57. The zero-order valence-electron chi connectivity index (χ0n) is 26.9. The van der Waals surface area contributed by atoms with Crippen LogP contribution in [0.1, 0.15) is 52.7 Å². The summed E-state index contributed by atoms with van der Waals surface area (Å²) >= 11 is 0. The number of rotatable bonds is 1. The first kappa shape index (κ1) is 26.6. The zero-order chi connectivity index (χ0) is 30.8. The Morgan fingerprint density at radius 1 is 0.511 bits per heavy atom. The molecule has 218 valence electrons. The lowest BCUT2D eigenvalue weighted by Gasteiger charge is -2.41. The molecule has 2 nitrogen and oxygen atoms in total. The van der Waals surface area contributed by atoms with Crippen LogP contribution in [-0.2, 0) is 10.8 Å². The smallest absolute Gasteiger partial charge is 0.332 e. The Morgan fingerprint density at radius 3 is 1.82 bits per heavy atom. The lowest BCUT2D eigenvalue weighted by molar-refractivity contribution is 0.569. The van der Waals surface area contributed by atoms with E-state index < -0.39 is 0 Å². The van der Waals surface area contributed by atoms with Crippen molar-refractivity contribution in [3.05, 3.63) is 127 Å². The summed E-state index contributed by atoms with van der Waals surface area (Å²) in [5.74, 6) is 0. The molecule has 0 unspecified atom stereocenters. The third-order valence-electron chi connectivity index (χ3n) is 10.2. The minimum Gasteiger partial charge on any atom is -0.382 e. The number of hydrogen-bond acceptors (Lipinski definition) is 1. The van der Waals surface area contributed by atoms with Gasteiger partial charge in [0.2, 0.25) is 0 Å². The quantitative estimate of drug-likeness (QED) is 0.139. The van der Waals surface area contributed by atoms with Crippen LogP contribution in [0, 0.1) is 0 Å². The second-order valence-electron chi connectivity index (χ2n) is 15.2. The van der Waals surface area contributed by atoms with Gasteiger partial charge in [0.25, 0.3) is 0 Å². The topological polar surface area (TPSA) is 8.17 Å². The van der Waals surface area contributed by atoms with Gasteiger partial charge in [-0.25, -0.2) is 0 Å². The molecule has 0 fully saturated rings. The molecule has 1 aromatic heterocycles. The van der Waals surface area contributed by atoms with Crippen LogP contribution in [0.5, 0.6) is 0 Å². The van der Waals surface area contributed by atoms with Gasteiger partial charge < -0.3 is 9.38 Å². The van der Waals surface area contributed by atoms with E-state index in [-0.39, 0.29) is 17.7 Å². The maximum Gasteiger partial charge on any atom is 0.332 e. The average Bonchev–Trinajstić information content (AvgIpc) is 3.45. The van der Waals surface area contributed by atoms with Gasteiger partial charge in [0.15, 0.2) is 0 Å². The minimum atomic E-state index is 0.0191. The molecular weight excluding hydrogens is 543 g/mol. The van der Waals surface area contributed by atoms with Gasteiger partial charge in [0.05, 0.1) is 0 Å². The molecule has 0 spiro atoms. The summed E-state index contributed by atoms with van der Waals surface area (Å²) < 4.78 is 2.53. The fourth-order valence-corrected chi connectivity index (χ4v) is 7.79. The number of anilines is 3. The predicted octanol–water partition coefficient (Wildman–Crippen LogP) is 9.96. The third kappa shape index (κ3) is 3.83. The molecule has 0 saturated heterocycles. The first-order valence-corrected chi connectivity index (χ1v) is 16.2. The van der Waals surface area contributed by atoms with E-state index in [0.717, 1.165) is 0 Å². The lowest BCUT2D eigenvalue weighted by atomic mass is 9.45. The highest BCUT2D eigenvalue weighted by atomic mass is 15.2. The lowest BCUT2D eigenvalue weighted by Crippen LogP contribution is -2.56. The van der Waals surface area contributed by atoms with Crippen LogP contribution < -0.4 is 15.8 Å². The van der Waals surface area contributed by atoms with E-state index in [0.29, 0.717) is 0 Å². The Bertz CT molecular complexity index is 2330. The summed E-state index contributed by atoms with van der Waals surface area (Å²) in [7, 11) is 0. The first-order chi connectivity index (χ1) is 21.6. The highest BCUT2D eigenvalue weighted by Gasteiger charge is 2.41. The van der Waals surface area contributed by atoms with Crippen molar-refractivity contribution in [2.45, 2.75) is 52.4 Å². The van der Waals surface area contributed by atoms with Crippen LogP contribution in [-0.4, -0.2) is 11.3 Å². The Labute approximate surface area is 266 Å². The predicted molar refractivity (Wildman–Crippen MR) is 195 cm³/mol. The molecule has 0 amide bonds. The highest BCUT2D eigenvalue weighted by molar-refractivity contribution is 6.89. The summed E-state index contributed by atoms with van der Waals surface area (Å²) in [6, 6.07) is 41.7. The largest absolute Gasteiger partial charge is 0.382 e. The van der Waals surface area contributed by atoms with Crippen molar-refractivity contribution >= 4 is 67.3 Å². The number of fused-ring (bicyclic) bond motifs is 6. The maximum absolute atomic E-state index is 2.57. The van der Waals surface area contributed by atoms with Crippen molar-refractivity contribution in [1.29, 1.82) is 0 Å². The molecule has 45 heavy (non-hydrogen) atoms. The third-order valence-corrected chi connectivity index (χ3v) is 10.2.